The Morgan fingerprint density at radius 3 is 2.67 bits per heavy atom. The Kier molecular flexibility index (Phi) is 3.09. The second-order valence-electron chi connectivity index (χ2n) is 3.40. The van der Waals surface area contributed by atoms with Crippen LogP contribution in [-0.4, -0.2) is 30.8 Å². The highest BCUT2D eigenvalue weighted by atomic mass is 32.2. The van der Waals surface area contributed by atoms with Gasteiger partial charge in [-0.3, -0.25) is 4.31 Å². The molecule has 2 aromatic rings. The van der Waals surface area contributed by atoms with Crippen molar-refractivity contribution in [3.05, 3.63) is 24.3 Å². The Morgan fingerprint density at radius 2 is 2.11 bits per heavy atom. The average Bonchev–Trinajstić information content (AvgIpc) is 2.75. The maximum absolute atomic E-state index is 12.2. The first-order valence-electron chi connectivity index (χ1n) is 4.78. The van der Waals surface area contributed by atoms with Crippen molar-refractivity contribution in [2.45, 2.75) is 4.34 Å². The summed E-state index contributed by atoms with van der Waals surface area (Å²) >= 11 is 0.785. The molecule has 0 fully saturated rings. The third-order valence-corrected chi connectivity index (χ3v) is 5.08. The Bertz CT molecular complexity index is 668. The molecule has 3 N–H and O–H groups in total. The normalized spacial score (nSPS) is 11.4. The van der Waals surface area contributed by atoms with E-state index in [0.717, 1.165) is 15.6 Å². The third kappa shape index (κ3) is 2.22. The summed E-state index contributed by atoms with van der Waals surface area (Å²) in [7, 11) is -2.44. The van der Waals surface area contributed by atoms with Crippen LogP contribution in [0.3, 0.4) is 0 Å². The van der Waals surface area contributed by atoms with Gasteiger partial charge in [0.15, 0.2) is 0 Å². The predicted molar refractivity (Wildman–Crippen MR) is 68.0 cm³/mol. The van der Waals surface area contributed by atoms with Gasteiger partial charge in [0.2, 0.25) is 5.13 Å². The fourth-order valence-corrected chi connectivity index (χ4v) is 3.39. The summed E-state index contributed by atoms with van der Waals surface area (Å²) in [4.78, 5) is 0. The zero-order chi connectivity index (χ0) is 13.3. The minimum absolute atomic E-state index is 0.0219. The molecule has 1 aromatic carbocycles. The van der Waals surface area contributed by atoms with Gasteiger partial charge in [0, 0.05) is 13.1 Å². The largest absolute Gasteiger partial charge is 0.508 e. The molecule has 0 aliphatic heterocycles. The van der Waals surface area contributed by atoms with Crippen LogP contribution in [0.1, 0.15) is 0 Å². The van der Waals surface area contributed by atoms with Crippen molar-refractivity contribution in [1.82, 2.24) is 10.2 Å². The molecule has 0 unspecified atom stereocenters. The van der Waals surface area contributed by atoms with Crippen molar-refractivity contribution in [1.29, 1.82) is 0 Å². The number of hydrogen-bond acceptors (Lipinski definition) is 7. The van der Waals surface area contributed by atoms with E-state index in [-0.39, 0.29) is 15.2 Å². The maximum atomic E-state index is 12.2. The van der Waals surface area contributed by atoms with Crippen LogP contribution in [0, 0.1) is 0 Å². The second-order valence-corrected chi connectivity index (χ2v) is 6.55. The van der Waals surface area contributed by atoms with Crippen LogP contribution in [0.5, 0.6) is 5.75 Å². The number of benzene rings is 1. The van der Waals surface area contributed by atoms with E-state index in [4.69, 9.17) is 5.73 Å². The van der Waals surface area contributed by atoms with E-state index < -0.39 is 10.0 Å². The summed E-state index contributed by atoms with van der Waals surface area (Å²) in [5.41, 5.74) is 5.68. The quantitative estimate of drug-likeness (QED) is 0.857. The Labute approximate surface area is 108 Å². The van der Waals surface area contributed by atoms with Gasteiger partial charge in [0.05, 0.1) is 5.69 Å². The molecule has 0 spiro atoms. The molecule has 9 heteroatoms. The van der Waals surface area contributed by atoms with Crippen molar-refractivity contribution < 1.29 is 13.5 Å². The standard InChI is InChI=1S/C9H10N4O3S2/c1-13(6-3-2-4-7(14)5-6)18(15,16)9-12-11-8(10)17-9/h2-5,14H,1H3,(H2,10,11). The lowest BCUT2D eigenvalue weighted by molar-refractivity contribution is 0.475. The summed E-state index contributed by atoms with van der Waals surface area (Å²) in [6.45, 7) is 0. The molecule has 7 nitrogen and oxygen atoms in total. The van der Waals surface area contributed by atoms with Crippen LogP contribution in [0.15, 0.2) is 28.6 Å². The summed E-state index contributed by atoms with van der Waals surface area (Å²) < 4.78 is 25.1. The lowest BCUT2D eigenvalue weighted by atomic mass is 10.3. The first kappa shape index (κ1) is 12.6. The highest BCUT2D eigenvalue weighted by Crippen LogP contribution is 2.26. The lowest BCUT2D eigenvalue weighted by Crippen LogP contribution is -2.26. The Morgan fingerprint density at radius 1 is 1.39 bits per heavy atom. The molecule has 1 aromatic heterocycles. The molecular formula is C9H10N4O3S2. The topological polar surface area (TPSA) is 109 Å². The van der Waals surface area contributed by atoms with E-state index in [1.807, 2.05) is 0 Å². The van der Waals surface area contributed by atoms with Gasteiger partial charge in [-0.15, -0.1) is 10.2 Å². The minimum Gasteiger partial charge on any atom is -0.508 e. The van der Waals surface area contributed by atoms with E-state index in [9.17, 15) is 13.5 Å². The molecule has 96 valence electrons. The molecule has 0 saturated carbocycles. The fraction of sp³-hybridized carbons (Fsp3) is 0.111. The van der Waals surface area contributed by atoms with Gasteiger partial charge in [-0.05, 0) is 12.1 Å². The maximum Gasteiger partial charge on any atom is 0.293 e. The van der Waals surface area contributed by atoms with E-state index in [0.29, 0.717) is 5.69 Å². The number of nitrogen functional groups attached to an aromatic ring is 1. The van der Waals surface area contributed by atoms with Crippen molar-refractivity contribution in [2.24, 2.45) is 0 Å². The van der Waals surface area contributed by atoms with Crippen molar-refractivity contribution in [3.8, 4) is 5.75 Å². The molecular weight excluding hydrogens is 276 g/mol. The van der Waals surface area contributed by atoms with Crippen molar-refractivity contribution in [2.75, 3.05) is 17.1 Å². The van der Waals surface area contributed by atoms with Crippen LogP contribution < -0.4 is 10.0 Å². The van der Waals surface area contributed by atoms with Crippen LogP contribution in [0.25, 0.3) is 0 Å². The second kappa shape index (κ2) is 4.42. The predicted octanol–water partition coefficient (Wildman–Crippen LogP) is 0.651. The van der Waals surface area contributed by atoms with Gasteiger partial charge in [0.1, 0.15) is 5.75 Å². The number of phenols is 1. The number of sulfonamides is 1. The number of nitrogens with zero attached hydrogens (tertiary/aromatic N) is 3. The number of nitrogens with two attached hydrogens (primary N) is 1. The minimum atomic E-state index is -3.80. The zero-order valence-electron chi connectivity index (χ0n) is 9.31. The molecule has 0 saturated heterocycles. The number of aromatic hydroxyl groups is 1. The number of aromatic nitrogens is 2. The molecule has 0 amide bonds. The smallest absolute Gasteiger partial charge is 0.293 e. The number of rotatable bonds is 3. The van der Waals surface area contributed by atoms with Gasteiger partial charge < -0.3 is 10.8 Å². The summed E-state index contributed by atoms with van der Waals surface area (Å²) in [5, 5.41) is 16.4. The van der Waals surface area contributed by atoms with Crippen LogP contribution >= 0.6 is 11.3 Å². The van der Waals surface area contributed by atoms with Crippen LogP contribution in [0.4, 0.5) is 10.8 Å². The highest BCUT2D eigenvalue weighted by molar-refractivity contribution is 7.94. The molecule has 0 bridgehead atoms. The van der Waals surface area contributed by atoms with Gasteiger partial charge in [-0.2, -0.15) is 8.42 Å². The average molecular weight is 286 g/mol. The van der Waals surface area contributed by atoms with Crippen LogP contribution in [-0.2, 0) is 10.0 Å². The first-order valence-corrected chi connectivity index (χ1v) is 7.04. The third-order valence-electron chi connectivity index (χ3n) is 2.20. The van der Waals surface area contributed by atoms with Gasteiger partial charge in [-0.25, -0.2) is 0 Å². The van der Waals surface area contributed by atoms with E-state index in [1.165, 1.54) is 19.2 Å². The molecule has 0 aliphatic carbocycles. The summed E-state index contributed by atoms with van der Waals surface area (Å²) in [6.07, 6.45) is 0. The molecule has 1 heterocycles. The van der Waals surface area contributed by atoms with Gasteiger partial charge in [0.25, 0.3) is 14.4 Å². The monoisotopic (exact) mass is 286 g/mol. The summed E-state index contributed by atoms with van der Waals surface area (Å²) in [6, 6.07) is 5.89. The van der Waals surface area contributed by atoms with Crippen molar-refractivity contribution in [3.63, 3.8) is 0 Å². The Hall–Kier alpha value is -1.87. The fourth-order valence-electron chi connectivity index (χ4n) is 1.27. The Balaban J connectivity index is 2.42. The van der Waals surface area contributed by atoms with E-state index in [1.54, 1.807) is 12.1 Å². The molecule has 18 heavy (non-hydrogen) atoms. The molecule has 0 radical (unpaired) electrons. The van der Waals surface area contributed by atoms with Gasteiger partial charge >= 0.3 is 0 Å². The number of phenolic OH excluding ortho intramolecular Hbond substituents is 1. The molecule has 0 aliphatic rings. The van der Waals surface area contributed by atoms with E-state index >= 15 is 0 Å². The lowest BCUT2D eigenvalue weighted by Gasteiger charge is -2.17. The van der Waals surface area contributed by atoms with Crippen molar-refractivity contribution >= 4 is 32.2 Å². The van der Waals surface area contributed by atoms with E-state index in [2.05, 4.69) is 10.2 Å². The van der Waals surface area contributed by atoms with Crippen LogP contribution in [0.2, 0.25) is 0 Å². The number of hydrogen-bond donors (Lipinski definition) is 2. The SMILES string of the molecule is CN(c1cccc(O)c1)S(=O)(=O)c1nnc(N)s1. The number of anilines is 2. The highest BCUT2D eigenvalue weighted by Gasteiger charge is 2.25. The zero-order valence-corrected chi connectivity index (χ0v) is 10.9. The van der Waals surface area contributed by atoms with Gasteiger partial charge in [-0.1, -0.05) is 17.4 Å². The molecule has 0 atom stereocenters. The summed E-state index contributed by atoms with van der Waals surface area (Å²) in [5.74, 6) is -0.0219. The molecule has 2 rings (SSSR count). The first-order chi connectivity index (χ1) is 8.41.